The summed E-state index contributed by atoms with van der Waals surface area (Å²) >= 11 is 3.47. The Balaban J connectivity index is 2.30. The van der Waals surface area contributed by atoms with Crippen molar-refractivity contribution in [3.8, 4) is 0 Å². The summed E-state index contributed by atoms with van der Waals surface area (Å²) in [6.07, 6.45) is 0. The lowest BCUT2D eigenvalue weighted by atomic mass is 10.1. The van der Waals surface area contributed by atoms with Crippen LogP contribution in [0, 0.1) is 0 Å². The number of hydrogen-bond acceptors (Lipinski definition) is 2. The van der Waals surface area contributed by atoms with Gasteiger partial charge in [0.1, 0.15) is 5.72 Å². The monoisotopic (exact) mass is 255 g/mol. The molecule has 0 spiro atoms. The van der Waals surface area contributed by atoms with Gasteiger partial charge in [0, 0.05) is 10.5 Å². The highest BCUT2D eigenvalue weighted by Gasteiger charge is 2.34. The third kappa shape index (κ3) is 1.85. The molecule has 76 valence electrons. The predicted molar refractivity (Wildman–Crippen MR) is 60.0 cm³/mol. The molecule has 2 rings (SSSR count). The maximum atomic E-state index is 5.76. The van der Waals surface area contributed by atoms with Gasteiger partial charge in [0.2, 0.25) is 0 Å². The van der Waals surface area contributed by atoms with Crippen LogP contribution in [0.1, 0.15) is 19.4 Å². The molecule has 1 aliphatic heterocycles. The van der Waals surface area contributed by atoms with E-state index in [1.807, 2.05) is 12.1 Å². The van der Waals surface area contributed by atoms with Crippen molar-refractivity contribution >= 4 is 15.9 Å². The Morgan fingerprint density at radius 2 is 2.36 bits per heavy atom. The van der Waals surface area contributed by atoms with Crippen LogP contribution < -0.4 is 5.32 Å². The summed E-state index contributed by atoms with van der Waals surface area (Å²) in [7, 11) is 0. The second kappa shape index (κ2) is 3.65. The Morgan fingerprint density at radius 3 is 2.93 bits per heavy atom. The van der Waals surface area contributed by atoms with E-state index in [2.05, 4.69) is 47.2 Å². The minimum Gasteiger partial charge on any atom is -0.355 e. The van der Waals surface area contributed by atoms with E-state index in [9.17, 15) is 0 Å². The Morgan fingerprint density at radius 1 is 1.57 bits per heavy atom. The van der Waals surface area contributed by atoms with Gasteiger partial charge in [-0.3, -0.25) is 5.32 Å². The molecular formula is C11H14BrNO. The molecule has 2 nitrogen and oxygen atoms in total. The molecular weight excluding hydrogens is 242 g/mol. The average molecular weight is 256 g/mol. The lowest BCUT2D eigenvalue weighted by molar-refractivity contribution is 0.00232. The summed E-state index contributed by atoms with van der Waals surface area (Å²) in [5.74, 6) is 0. The molecule has 3 heteroatoms. The van der Waals surface area contributed by atoms with Crippen LogP contribution in [0.25, 0.3) is 0 Å². The van der Waals surface area contributed by atoms with Crippen LogP contribution >= 0.6 is 15.9 Å². The topological polar surface area (TPSA) is 21.3 Å². The lowest BCUT2D eigenvalue weighted by Crippen LogP contribution is -2.37. The van der Waals surface area contributed by atoms with E-state index in [1.165, 1.54) is 0 Å². The van der Waals surface area contributed by atoms with E-state index < -0.39 is 0 Å². The molecule has 2 atom stereocenters. The van der Waals surface area contributed by atoms with Gasteiger partial charge in [-0.05, 0) is 31.5 Å². The summed E-state index contributed by atoms with van der Waals surface area (Å²) in [6, 6.07) is 8.63. The SMILES string of the molecule is CC1COC(C)(c2cccc(Br)c2)N1. The molecule has 1 N–H and O–H groups in total. The molecule has 0 amide bonds. The van der Waals surface area contributed by atoms with Gasteiger partial charge >= 0.3 is 0 Å². The molecule has 1 aromatic carbocycles. The maximum Gasteiger partial charge on any atom is 0.142 e. The Bertz CT molecular complexity index is 342. The van der Waals surface area contributed by atoms with Crippen molar-refractivity contribution in [1.29, 1.82) is 0 Å². The van der Waals surface area contributed by atoms with Crippen LogP contribution in [0.4, 0.5) is 0 Å². The summed E-state index contributed by atoms with van der Waals surface area (Å²) in [6.45, 7) is 4.96. The Labute approximate surface area is 92.8 Å². The Kier molecular flexibility index (Phi) is 2.64. The molecule has 1 saturated heterocycles. The van der Waals surface area contributed by atoms with E-state index in [-0.39, 0.29) is 5.72 Å². The molecule has 1 aromatic rings. The zero-order valence-electron chi connectivity index (χ0n) is 8.38. The average Bonchev–Trinajstić information content (AvgIpc) is 2.48. The predicted octanol–water partition coefficient (Wildman–Crippen LogP) is 2.63. The smallest absolute Gasteiger partial charge is 0.142 e. The van der Waals surface area contributed by atoms with E-state index in [0.29, 0.717) is 6.04 Å². The van der Waals surface area contributed by atoms with Gasteiger partial charge < -0.3 is 4.74 Å². The molecule has 1 aliphatic rings. The fourth-order valence-corrected chi connectivity index (χ4v) is 2.20. The first-order valence-corrected chi connectivity index (χ1v) is 5.57. The normalized spacial score (nSPS) is 32.1. The van der Waals surface area contributed by atoms with Gasteiger partial charge in [0.05, 0.1) is 6.61 Å². The molecule has 0 aliphatic carbocycles. The van der Waals surface area contributed by atoms with Gasteiger partial charge in [0.25, 0.3) is 0 Å². The first-order valence-electron chi connectivity index (χ1n) is 4.78. The highest BCUT2D eigenvalue weighted by atomic mass is 79.9. The standard InChI is InChI=1S/C11H14BrNO/c1-8-7-14-11(2,13-8)9-4-3-5-10(12)6-9/h3-6,8,13H,7H2,1-2H3. The number of nitrogens with one attached hydrogen (secondary N) is 1. The van der Waals surface area contributed by atoms with Gasteiger partial charge in [-0.2, -0.15) is 0 Å². The zero-order chi connectivity index (χ0) is 10.2. The number of ether oxygens (including phenoxy) is 1. The zero-order valence-corrected chi connectivity index (χ0v) is 9.97. The van der Waals surface area contributed by atoms with Gasteiger partial charge in [-0.1, -0.05) is 28.1 Å². The fourth-order valence-electron chi connectivity index (χ4n) is 1.80. The molecule has 0 aromatic heterocycles. The molecule has 14 heavy (non-hydrogen) atoms. The third-order valence-electron chi connectivity index (χ3n) is 2.52. The van der Waals surface area contributed by atoms with Crippen LogP contribution in [0.5, 0.6) is 0 Å². The van der Waals surface area contributed by atoms with Crippen LogP contribution in [0.3, 0.4) is 0 Å². The second-order valence-electron chi connectivity index (χ2n) is 3.90. The van der Waals surface area contributed by atoms with Gasteiger partial charge in [-0.25, -0.2) is 0 Å². The van der Waals surface area contributed by atoms with Crippen molar-refractivity contribution in [2.45, 2.75) is 25.6 Å². The van der Waals surface area contributed by atoms with Crippen molar-refractivity contribution in [2.75, 3.05) is 6.61 Å². The van der Waals surface area contributed by atoms with Crippen LogP contribution in [0.15, 0.2) is 28.7 Å². The highest BCUT2D eigenvalue weighted by Crippen LogP contribution is 2.29. The molecule has 1 heterocycles. The van der Waals surface area contributed by atoms with Crippen LogP contribution in [-0.4, -0.2) is 12.6 Å². The molecule has 2 unspecified atom stereocenters. The second-order valence-corrected chi connectivity index (χ2v) is 4.82. The first-order chi connectivity index (χ1) is 6.60. The van der Waals surface area contributed by atoms with Crippen molar-refractivity contribution < 1.29 is 4.74 Å². The van der Waals surface area contributed by atoms with Crippen molar-refractivity contribution in [3.05, 3.63) is 34.3 Å². The third-order valence-corrected chi connectivity index (χ3v) is 3.01. The van der Waals surface area contributed by atoms with Gasteiger partial charge in [0.15, 0.2) is 0 Å². The molecule has 0 radical (unpaired) electrons. The van der Waals surface area contributed by atoms with E-state index in [1.54, 1.807) is 0 Å². The summed E-state index contributed by atoms with van der Waals surface area (Å²) in [5.41, 5.74) is 0.833. The Hall–Kier alpha value is -0.380. The number of hydrogen-bond donors (Lipinski definition) is 1. The number of benzene rings is 1. The van der Waals surface area contributed by atoms with E-state index in [0.717, 1.165) is 16.6 Å². The van der Waals surface area contributed by atoms with E-state index >= 15 is 0 Å². The van der Waals surface area contributed by atoms with Gasteiger partial charge in [-0.15, -0.1) is 0 Å². The van der Waals surface area contributed by atoms with Crippen LogP contribution in [-0.2, 0) is 10.5 Å². The number of halogens is 1. The number of rotatable bonds is 1. The first kappa shape index (κ1) is 10.1. The molecule has 1 fully saturated rings. The summed E-state index contributed by atoms with van der Waals surface area (Å²) in [4.78, 5) is 0. The quantitative estimate of drug-likeness (QED) is 0.834. The van der Waals surface area contributed by atoms with Crippen molar-refractivity contribution in [2.24, 2.45) is 0 Å². The highest BCUT2D eigenvalue weighted by molar-refractivity contribution is 9.10. The largest absolute Gasteiger partial charge is 0.355 e. The summed E-state index contributed by atoms with van der Waals surface area (Å²) in [5, 5.41) is 3.43. The molecule has 0 saturated carbocycles. The van der Waals surface area contributed by atoms with E-state index in [4.69, 9.17) is 4.74 Å². The van der Waals surface area contributed by atoms with Crippen molar-refractivity contribution in [1.82, 2.24) is 5.32 Å². The minimum atomic E-state index is -0.330. The maximum absolute atomic E-state index is 5.76. The lowest BCUT2D eigenvalue weighted by Gasteiger charge is -2.24. The fraction of sp³-hybridized carbons (Fsp3) is 0.455. The van der Waals surface area contributed by atoms with Crippen molar-refractivity contribution in [3.63, 3.8) is 0 Å². The molecule has 0 bridgehead atoms. The van der Waals surface area contributed by atoms with Crippen LogP contribution in [0.2, 0.25) is 0 Å². The minimum absolute atomic E-state index is 0.330. The summed E-state index contributed by atoms with van der Waals surface area (Å²) < 4.78 is 6.85.